The van der Waals surface area contributed by atoms with E-state index in [1.165, 1.54) is 44.5 Å². The summed E-state index contributed by atoms with van der Waals surface area (Å²) in [6.07, 6.45) is 10.2. The van der Waals surface area contributed by atoms with Gasteiger partial charge in [0.1, 0.15) is 11.6 Å². The van der Waals surface area contributed by atoms with Crippen LogP contribution in [0.2, 0.25) is 0 Å². The molecule has 0 unspecified atom stereocenters. The van der Waals surface area contributed by atoms with Gasteiger partial charge in [-0.05, 0) is 76.2 Å². The van der Waals surface area contributed by atoms with Gasteiger partial charge in [0.25, 0.3) is 22.7 Å². The first kappa shape index (κ1) is 51.6. The number of rotatable bonds is 6. The van der Waals surface area contributed by atoms with Gasteiger partial charge in [0, 0.05) is 132 Å². The summed E-state index contributed by atoms with van der Waals surface area (Å²) in [5.74, 6) is 3.98. The van der Waals surface area contributed by atoms with Crippen LogP contribution in [-0.4, -0.2) is 88.4 Å². The quantitative estimate of drug-likeness (QED) is 0.117. The topological polar surface area (TPSA) is 234 Å². The fourth-order valence-corrected chi connectivity index (χ4v) is 7.34. The average molecular weight is 923 g/mol. The van der Waals surface area contributed by atoms with Crippen molar-refractivity contribution in [3.63, 3.8) is 0 Å². The molecule has 2 aromatic heterocycles. The predicted molar refractivity (Wildman–Crippen MR) is 247 cm³/mol. The molecule has 18 nitrogen and oxygen atoms in total. The van der Waals surface area contributed by atoms with Gasteiger partial charge >= 0.3 is 0 Å². The monoisotopic (exact) mass is 922 g/mol. The summed E-state index contributed by atoms with van der Waals surface area (Å²) in [6.45, 7) is 11.0. The third-order valence-corrected chi connectivity index (χ3v) is 10.8. The molecule has 0 bridgehead atoms. The molecule has 0 saturated carbocycles. The van der Waals surface area contributed by atoms with Gasteiger partial charge in [-0.3, -0.25) is 40.5 Å². The predicted octanol–water partition coefficient (Wildman–Crippen LogP) is 9.36. The Kier molecular flexibility index (Phi) is 22.0. The van der Waals surface area contributed by atoms with Crippen LogP contribution in [0.5, 0.6) is 0 Å². The summed E-state index contributed by atoms with van der Waals surface area (Å²) in [7, 11) is 0. The molecule has 0 atom stereocenters. The zero-order valence-corrected chi connectivity index (χ0v) is 37.1. The maximum atomic E-state index is 12.4. The second-order valence-electron chi connectivity index (χ2n) is 13.5. The van der Waals surface area contributed by atoms with Crippen LogP contribution in [0.4, 0.5) is 37.2 Å². The highest BCUT2D eigenvalue weighted by atomic mass is 32.2. The molecule has 64 heavy (non-hydrogen) atoms. The SMILES string of the molecule is C1CSCCN1.Cc1cc(-n2ccnc2)ccc1[N+](=O)[O-].Cc1cc(F)ccc1[N+](=O)[O-].Cc1cc(F)ccc1[N+](=O)[O-].Cc1cc(N2CCSCC2)ccc1[N+](=O)[O-].c1c[nH]cn1. The van der Waals surface area contributed by atoms with E-state index in [-0.39, 0.29) is 32.6 Å². The van der Waals surface area contributed by atoms with E-state index in [2.05, 4.69) is 25.2 Å². The number of aromatic amines is 1. The van der Waals surface area contributed by atoms with Crippen LogP contribution in [-0.2, 0) is 0 Å². The van der Waals surface area contributed by atoms with E-state index in [1.807, 2.05) is 35.7 Å². The van der Waals surface area contributed by atoms with Gasteiger partial charge in [-0.15, -0.1) is 0 Å². The molecule has 4 heterocycles. The number of nitrogens with zero attached hydrogens (tertiary/aromatic N) is 8. The Morgan fingerprint density at radius 1 is 0.578 bits per heavy atom. The molecule has 8 rings (SSSR count). The molecule has 0 aliphatic carbocycles. The van der Waals surface area contributed by atoms with Crippen LogP contribution in [0.3, 0.4) is 0 Å². The second kappa shape index (κ2) is 27.3. The van der Waals surface area contributed by atoms with E-state index >= 15 is 0 Å². The van der Waals surface area contributed by atoms with Gasteiger partial charge in [-0.25, -0.2) is 18.7 Å². The van der Waals surface area contributed by atoms with E-state index in [0.29, 0.717) is 16.7 Å². The first-order chi connectivity index (χ1) is 30.6. The van der Waals surface area contributed by atoms with Crippen LogP contribution in [0, 0.1) is 79.8 Å². The van der Waals surface area contributed by atoms with Crippen molar-refractivity contribution in [2.45, 2.75) is 27.7 Å². The molecule has 2 N–H and O–H groups in total. The molecule has 2 saturated heterocycles. The number of imidazole rings is 2. The fraction of sp³-hybridized carbons (Fsp3) is 0.286. The minimum atomic E-state index is -0.533. The second-order valence-corrected chi connectivity index (χ2v) is 16.0. The maximum Gasteiger partial charge on any atom is 0.272 e. The fourth-order valence-electron chi connectivity index (χ4n) is 5.66. The highest BCUT2D eigenvalue weighted by Crippen LogP contribution is 2.26. The lowest BCUT2D eigenvalue weighted by Crippen LogP contribution is -2.32. The van der Waals surface area contributed by atoms with Gasteiger partial charge < -0.3 is 19.8 Å². The normalized spacial score (nSPS) is 12.6. The third kappa shape index (κ3) is 17.9. The number of nitro benzene ring substituents is 4. The average Bonchev–Trinajstić information content (AvgIpc) is 4.04. The lowest BCUT2D eigenvalue weighted by molar-refractivity contribution is -0.385. The number of nitrogens with one attached hydrogen (secondary N) is 2. The smallest absolute Gasteiger partial charge is 0.272 e. The Balaban J connectivity index is 0.000000212. The largest absolute Gasteiger partial charge is 0.370 e. The minimum Gasteiger partial charge on any atom is -0.370 e. The summed E-state index contributed by atoms with van der Waals surface area (Å²) < 4.78 is 26.6. The van der Waals surface area contributed by atoms with Gasteiger partial charge in [-0.2, -0.15) is 23.5 Å². The van der Waals surface area contributed by atoms with Crippen molar-refractivity contribution in [2.24, 2.45) is 0 Å². The van der Waals surface area contributed by atoms with Crippen LogP contribution in [0.15, 0.2) is 110 Å². The molecule has 6 aromatic rings. The van der Waals surface area contributed by atoms with Gasteiger partial charge in [0.2, 0.25) is 0 Å². The van der Waals surface area contributed by atoms with E-state index < -0.39 is 21.5 Å². The molecule has 2 aliphatic heterocycles. The molecule has 22 heteroatoms. The lowest BCUT2D eigenvalue weighted by atomic mass is 10.1. The number of benzene rings is 4. The summed E-state index contributed by atoms with van der Waals surface area (Å²) in [5, 5.41) is 45.0. The first-order valence-electron chi connectivity index (χ1n) is 19.4. The zero-order valence-electron chi connectivity index (χ0n) is 35.5. The third-order valence-electron chi connectivity index (χ3n) is 8.90. The number of H-pyrrole nitrogens is 1. The Morgan fingerprint density at radius 2 is 1.02 bits per heavy atom. The van der Waals surface area contributed by atoms with Gasteiger partial charge in [0.15, 0.2) is 0 Å². The Bertz CT molecular complexity index is 2310. The molecule has 4 aromatic carbocycles. The molecule has 2 fully saturated rings. The lowest BCUT2D eigenvalue weighted by Gasteiger charge is -2.28. The summed E-state index contributed by atoms with van der Waals surface area (Å²) in [4.78, 5) is 52.6. The number of anilines is 1. The van der Waals surface area contributed by atoms with Crippen molar-refractivity contribution in [1.29, 1.82) is 0 Å². The maximum absolute atomic E-state index is 12.4. The van der Waals surface area contributed by atoms with Gasteiger partial charge in [0.05, 0.1) is 32.3 Å². The molecule has 0 amide bonds. The van der Waals surface area contributed by atoms with Crippen molar-refractivity contribution in [1.82, 2.24) is 24.8 Å². The van der Waals surface area contributed by atoms with E-state index in [9.17, 15) is 49.2 Å². The molecule has 340 valence electrons. The number of hydrogen-bond donors (Lipinski definition) is 2. The van der Waals surface area contributed by atoms with E-state index in [0.717, 1.165) is 77.9 Å². The van der Waals surface area contributed by atoms with E-state index in [4.69, 9.17) is 0 Å². The van der Waals surface area contributed by atoms with Crippen molar-refractivity contribution >= 4 is 52.0 Å². The van der Waals surface area contributed by atoms with Crippen LogP contribution in [0.1, 0.15) is 22.3 Å². The molecule has 2 aliphatic rings. The summed E-state index contributed by atoms with van der Waals surface area (Å²) in [6, 6.07) is 17.1. The zero-order chi connectivity index (χ0) is 47.0. The van der Waals surface area contributed by atoms with Crippen molar-refractivity contribution in [3.8, 4) is 5.69 Å². The Hall–Kier alpha value is -6.78. The Morgan fingerprint density at radius 3 is 1.34 bits per heavy atom. The number of nitro groups is 4. The minimum absolute atomic E-state index is 0.0496. The first-order valence-corrected chi connectivity index (χ1v) is 21.7. The summed E-state index contributed by atoms with van der Waals surface area (Å²) in [5.41, 5.74) is 4.28. The van der Waals surface area contributed by atoms with Crippen molar-refractivity contribution in [3.05, 3.63) is 185 Å². The van der Waals surface area contributed by atoms with Crippen LogP contribution >= 0.6 is 23.5 Å². The molecule has 0 radical (unpaired) electrons. The number of hydrogen-bond acceptors (Lipinski definition) is 14. The van der Waals surface area contributed by atoms with Gasteiger partial charge in [-0.1, -0.05) is 0 Å². The highest BCUT2D eigenvalue weighted by Gasteiger charge is 2.16. The Labute approximate surface area is 376 Å². The molecular weight excluding hydrogens is 875 g/mol. The van der Waals surface area contributed by atoms with Crippen molar-refractivity contribution in [2.75, 3.05) is 54.1 Å². The number of aryl methyl sites for hydroxylation is 4. The van der Waals surface area contributed by atoms with E-state index in [1.54, 1.807) is 74.1 Å². The molecular formula is C42H48F2N10O8S2. The highest BCUT2D eigenvalue weighted by molar-refractivity contribution is 7.99. The van der Waals surface area contributed by atoms with Crippen molar-refractivity contribution < 1.29 is 28.5 Å². The number of halogens is 2. The standard InChI is InChI=1S/C11H14N2O2S.C10H9N3O2.2C7H6FNO2.C4H9NS.C3H4N2/c1-9-8-10(2-3-11(9)13(14)15)12-4-6-16-7-5-12;1-8-6-9(12-5-4-11-7-12)2-3-10(8)13(14)15;2*1-5-4-6(8)2-3-7(5)9(10)11;1-3-6-4-2-5-1;1-2-5-3-4-1/h2-3,8H,4-7H2,1H3;2-7H,1H3;2*2-4H,1H3;5H,1-4H2;1-3H,(H,4,5). The molecule has 0 spiro atoms. The number of thioether (sulfide) groups is 2. The van der Waals surface area contributed by atoms with Crippen LogP contribution < -0.4 is 10.2 Å². The summed E-state index contributed by atoms with van der Waals surface area (Å²) >= 11 is 3.99. The van der Waals surface area contributed by atoms with Crippen LogP contribution in [0.25, 0.3) is 5.69 Å². The number of aromatic nitrogens is 4.